The van der Waals surface area contributed by atoms with Crippen LogP contribution in [0.25, 0.3) is 11.4 Å². The molecule has 3 aromatic rings. The Morgan fingerprint density at radius 3 is 2.72 bits per heavy atom. The highest BCUT2D eigenvalue weighted by Gasteiger charge is 2.76. The van der Waals surface area contributed by atoms with Crippen LogP contribution in [-0.4, -0.2) is 39.5 Å². The van der Waals surface area contributed by atoms with Gasteiger partial charge in [0, 0.05) is 18.2 Å². The molecule has 2 saturated carbocycles. The predicted octanol–water partition coefficient (Wildman–Crippen LogP) is 4.18. The molecule has 1 aromatic carbocycles. The SMILES string of the molecule is O=C(c1cccc(F)c1-c1ncc(F)c#[n+]1)N1CC2CC23CC(Oc2ncc(C(F)(F)F)cc2Cl)C13. The first kappa shape index (κ1) is 22.9. The lowest BCUT2D eigenvalue weighted by Crippen LogP contribution is -2.59. The Bertz CT molecular complexity index is 1390. The second kappa shape index (κ2) is 7.74. The standard InChI is InChI=1S/C24H15ClF5N4O2/c25-15-4-11(24(28,29)30)7-33-21(15)36-17-6-23-5-12(23)10-34(19(17)23)22(35)14-2-1-3-16(27)18(14)20-31-8-13(26)9-32-20/h1-4,7-8,12,17,19H,5-6,10H2/q+1. The molecule has 12 heteroatoms. The molecule has 3 fully saturated rings. The molecule has 2 aliphatic carbocycles. The number of hydrogen-bond donors (Lipinski definition) is 0. The Morgan fingerprint density at radius 2 is 2.03 bits per heavy atom. The fraction of sp³-hybridized carbons (Fsp3) is 0.333. The minimum atomic E-state index is -4.60. The third-order valence-electron chi connectivity index (χ3n) is 7.25. The summed E-state index contributed by atoms with van der Waals surface area (Å²) in [6, 6.07) is 4.33. The summed E-state index contributed by atoms with van der Waals surface area (Å²) in [6.45, 7) is 0.421. The molecule has 0 bridgehead atoms. The molecule has 6 nitrogen and oxygen atoms in total. The number of likely N-dealkylation sites (tertiary alicyclic amines) is 1. The number of pyridine rings is 1. The van der Waals surface area contributed by atoms with Crippen LogP contribution < -0.4 is 9.72 Å². The zero-order valence-corrected chi connectivity index (χ0v) is 18.9. The number of aromatic nitrogens is 3. The number of carbonyl (C=O) groups is 1. The number of hydrogen-bond acceptors (Lipinski definition) is 4. The lowest BCUT2D eigenvalue weighted by molar-refractivity contribution is -0.287. The van der Waals surface area contributed by atoms with Gasteiger partial charge in [0.2, 0.25) is 12.1 Å². The first-order chi connectivity index (χ1) is 17.1. The Hall–Kier alpha value is -3.52. The van der Waals surface area contributed by atoms with Crippen LogP contribution in [0.5, 0.6) is 5.88 Å². The zero-order chi connectivity index (χ0) is 25.4. The zero-order valence-electron chi connectivity index (χ0n) is 18.2. The van der Waals surface area contributed by atoms with Gasteiger partial charge in [0.1, 0.15) is 22.5 Å². The van der Waals surface area contributed by atoms with Crippen LogP contribution in [0.4, 0.5) is 22.0 Å². The van der Waals surface area contributed by atoms with Gasteiger partial charge in [-0.1, -0.05) is 17.7 Å². The minimum Gasteiger partial charge on any atom is -0.471 e. The summed E-state index contributed by atoms with van der Waals surface area (Å²) < 4.78 is 72.7. The fourth-order valence-electron chi connectivity index (χ4n) is 5.55. The summed E-state index contributed by atoms with van der Waals surface area (Å²) in [4.78, 5) is 26.5. The molecule has 1 aliphatic heterocycles. The highest BCUT2D eigenvalue weighted by Crippen LogP contribution is 2.71. The van der Waals surface area contributed by atoms with E-state index in [0.29, 0.717) is 19.2 Å². The summed E-state index contributed by atoms with van der Waals surface area (Å²) in [7, 11) is 0. The number of amides is 1. The summed E-state index contributed by atoms with van der Waals surface area (Å²) in [5.41, 5.74) is -1.31. The summed E-state index contributed by atoms with van der Waals surface area (Å²) in [5.74, 6) is -2.14. The average Bonchev–Trinajstić information content (AvgIpc) is 3.48. The highest BCUT2D eigenvalue weighted by atomic mass is 35.5. The van der Waals surface area contributed by atoms with Gasteiger partial charge in [-0.25, -0.2) is 9.37 Å². The van der Waals surface area contributed by atoms with E-state index in [1.807, 2.05) is 0 Å². The summed E-state index contributed by atoms with van der Waals surface area (Å²) >= 11 is 6.01. The van der Waals surface area contributed by atoms with E-state index in [1.54, 1.807) is 4.90 Å². The topological polar surface area (TPSA) is 69.4 Å². The molecular formula is C24H15ClF5N4O2+. The maximum atomic E-state index is 14.8. The van der Waals surface area contributed by atoms with Crippen molar-refractivity contribution in [3.63, 3.8) is 0 Å². The maximum absolute atomic E-state index is 14.8. The van der Waals surface area contributed by atoms with Crippen molar-refractivity contribution in [2.75, 3.05) is 6.54 Å². The highest BCUT2D eigenvalue weighted by molar-refractivity contribution is 6.31. The second-order valence-corrected chi connectivity index (χ2v) is 9.63. The van der Waals surface area contributed by atoms with E-state index < -0.39 is 35.4 Å². The molecule has 1 saturated heterocycles. The number of carbonyl (C=O) groups excluding carboxylic acids is 1. The number of alkyl halides is 3. The summed E-state index contributed by atoms with van der Waals surface area (Å²) in [6.07, 6.45) is -0.107. The van der Waals surface area contributed by atoms with Crippen molar-refractivity contribution < 1.29 is 36.5 Å². The first-order valence-electron chi connectivity index (χ1n) is 11.0. The Morgan fingerprint density at radius 1 is 1.22 bits per heavy atom. The van der Waals surface area contributed by atoms with Crippen LogP contribution in [0, 0.1) is 29.2 Å². The maximum Gasteiger partial charge on any atom is 0.437 e. The van der Waals surface area contributed by atoms with Gasteiger partial charge in [-0.3, -0.25) is 4.79 Å². The molecule has 1 spiro atoms. The number of nitrogens with zero attached hydrogens (tertiary/aromatic N) is 4. The molecule has 0 radical (unpaired) electrons. The van der Waals surface area contributed by atoms with Gasteiger partial charge in [0.05, 0.1) is 17.2 Å². The number of piperidine rings is 1. The van der Waals surface area contributed by atoms with Crippen molar-refractivity contribution in [3.05, 3.63) is 70.6 Å². The van der Waals surface area contributed by atoms with E-state index in [0.717, 1.165) is 24.8 Å². The van der Waals surface area contributed by atoms with E-state index >= 15 is 0 Å². The number of benzene rings is 1. The van der Waals surface area contributed by atoms with E-state index in [4.69, 9.17) is 16.3 Å². The van der Waals surface area contributed by atoms with Gasteiger partial charge in [0.25, 0.3) is 11.7 Å². The molecule has 184 valence electrons. The predicted molar refractivity (Wildman–Crippen MR) is 113 cm³/mol. The van der Waals surface area contributed by atoms with E-state index in [-0.39, 0.29) is 45.2 Å². The normalized spacial score (nSPS) is 25.9. The molecule has 6 rings (SSSR count). The van der Waals surface area contributed by atoms with Gasteiger partial charge < -0.3 is 9.64 Å². The Kier molecular flexibility index (Phi) is 4.92. The first-order valence-corrected chi connectivity index (χ1v) is 11.4. The van der Waals surface area contributed by atoms with E-state index in [2.05, 4.69) is 21.1 Å². The molecule has 3 heterocycles. The van der Waals surface area contributed by atoms with Crippen molar-refractivity contribution >= 4 is 17.5 Å². The van der Waals surface area contributed by atoms with Crippen molar-refractivity contribution in [3.8, 4) is 17.3 Å². The molecule has 3 aliphatic rings. The molecule has 0 N–H and O–H groups in total. The van der Waals surface area contributed by atoms with Crippen molar-refractivity contribution in [1.82, 2.24) is 14.9 Å². The lowest BCUT2D eigenvalue weighted by Gasteiger charge is -2.47. The fourth-order valence-corrected chi connectivity index (χ4v) is 5.76. The minimum absolute atomic E-state index is 0.00259. The van der Waals surface area contributed by atoms with Crippen molar-refractivity contribution in [1.29, 1.82) is 0 Å². The monoisotopic (exact) mass is 521 g/mol. The van der Waals surface area contributed by atoms with Crippen LogP contribution in [0.3, 0.4) is 0 Å². The third-order valence-corrected chi connectivity index (χ3v) is 7.52. The molecule has 1 amide bonds. The second-order valence-electron chi connectivity index (χ2n) is 9.22. The molecule has 36 heavy (non-hydrogen) atoms. The van der Waals surface area contributed by atoms with Gasteiger partial charge in [-0.15, -0.1) is 4.98 Å². The summed E-state index contributed by atoms with van der Waals surface area (Å²) in [5, 5.41) is -0.286. The van der Waals surface area contributed by atoms with Crippen molar-refractivity contribution in [2.24, 2.45) is 11.3 Å². The van der Waals surface area contributed by atoms with Crippen LogP contribution >= 0.6 is 11.6 Å². The van der Waals surface area contributed by atoms with E-state index in [1.165, 1.54) is 12.1 Å². The van der Waals surface area contributed by atoms with Gasteiger partial charge in [-0.05, 0) is 41.9 Å². The van der Waals surface area contributed by atoms with Gasteiger partial charge >= 0.3 is 12.0 Å². The van der Waals surface area contributed by atoms with E-state index in [9.17, 15) is 26.7 Å². The van der Waals surface area contributed by atoms with Crippen molar-refractivity contribution in [2.45, 2.75) is 31.2 Å². The molecule has 4 atom stereocenters. The number of ether oxygens (including phenoxy) is 1. The smallest absolute Gasteiger partial charge is 0.437 e. The molecule has 4 unspecified atom stereocenters. The van der Waals surface area contributed by atoms with Crippen LogP contribution in [0.2, 0.25) is 5.02 Å². The van der Waals surface area contributed by atoms with Gasteiger partial charge in [-0.2, -0.15) is 17.6 Å². The molecule has 2 aromatic heterocycles. The Labute approximate surface area is 206 Å². The molecular weight excluding hydrogens is 507 g/mol. The third kappa shape index (κ3) is 3.46. The number of rotatable bonds is 4. The van der Waals surface area contributed by atoms with Crippen LogP contribution in [0.1, 0.15) is 28.8 Å². The Balaban J connectivity index is 1.28. The lowest BCUT2D eigenvalue weighted by atomic mass is 9.73. The average molecular weight is 522 g/mol. The largest absolute Gasteiger partial charge is 0.471 e. The number of halogens is 6. The van der Waals surface area contributed by atoms with Crippen LogP contribution in [-0.2, 0) is 6.18 Å². The van der Waals surface area contributed by atoms with Crippen LogP contribution in [0.15, 0.2) is 36.7 Å². The van der Waals surface area contributed by atoms with Gasteiger partial charge in [0.15, 0.2) is 6.20 Å². The quantitative estimate of drug-likeness (QED) is 0.482.